The zero-order valence-electron chi connectivity index (χ0n) is 22.4. The van der Waals surface area contributed by atoms with Gasteiger partial charge in [0.1, 0.15) is 11.5 Å². The lowest BCUT2D eigenvalue weighted by molar-refractivity contribution is -0.0725. The van der Waals surface area contributed by atoms with Gasteiger partial charge in [-0.05, 0) is 94.8 Å². The molecule has 0 bridgehead atoms. The maximum atomic E-state index is 12.1. The highest BCUT2D eigenvalue weighted by molar-refractivity contribution is 9.10. The van der Waals surface area contributed by atoms with Crippen LogP contribution in [0.15, 0.2) is 16.6 Å². The molecule has 0 aliphatic heterocycles. The minimum Gasteiger partial charge on any atom is -0.543 e. The van der Waals surface area contributed by atoms with E-state index >= 15 is 0 Å². The van der Waals surface area contributed by atoms with Crippen molar-refractivity contribution in [1.29, 1.82) is 0 Å². The molecule has 1 unspecified atom stereocenters. The maximum Gasteiger partial charge on any atom is 0.250 e. The molecule has 0 radical (unpaired) electrons. The van der Waals surface area contributed by atoms with E-state index in [4.69, 9.17) is 9.16 Å². The molecule has 1 N–H and O–H groups in total. The zero-order valence-corrected chi connectivity index (χ0v) is 25.9. The summed E-state index contributed by atoms with van der Waals surface area (Å²) in [5, 5.41) is 12.2. The Morgan fingerprint density at radius 2 is 1.69 bits per heavy atom. The highest BCUT2D eigenvalue weighted by Crippen LogP contribution is 2.48. The molecule has 4 atom stereocenters. The van der Waals surface area contributed by atoms with Gasteiger partial charge in [-0.3, -0.25) is 0 Å². The van der Waals surface area contributed by atoms with E-state index in [2.05, 4.69) is 95.4 Å². The van der Waals surface area contributed by atoms with Gasteiger partial charge in [0.05, 0.1) is 17.2 Å². The van der Waals surface area contributed by atoms with Gasteiger partial charge in [-0.1, -0.05) is 54.3 Å². The Labute approximate surface area is 207 Å². The van der Waals surface area contributed by atoms with Gasteiger partial charge < -0.3 is 14.3 Å². The van der Waals surface area contributed by atoms with Gasteiger partial charge in [-0.15, -0.1) is 0 Å². The van der Waals surface area contributed by atoms with Crippen LogP contribution in [0, 0.1) is 17.8 Å². The molecule has 0 spiro atoms. The normalized spacial score (nSPS) is 27.3. The number of hydrogen-bond acceptors (Lipinski definition) is 3. The Hall–Kier alpha value is -0.306. The number of methoxy groups -OCH3 is 1. The third-order valence-corrected chi connectivity index (χ3v) is 14.3. The Morgan fingerprint density at radius 3 is 2.19 bits per heavy atom. The van der Waals surface area contributed by atoms with Gasteiger partial charge >= 0.3 is 0 Å². The standard InChI is InChI=1S/C26H47BrO3Si2/c1-18-12-19(2)21(26(28,16-18)17-31(7,8)9)13-20-14-24(29-6)22(27)15-23(20)30-32(10,11)25(3,4)5/h14-15,18-19,21,28H,12-13,16-17H2,1-11H3/t18-,19-,21+,26?/m1/s1. The van der Waals surface area contributed by atoms with Crippen LogP contribution in [0.1, 0.15) is 53.0 Å². The van der Waals surface area contributed by atoms with Crippen LogP contribution in [0.5, 0.6) is 11.5 Å². The molecule has 1 aromatic rings. The number of ether oxygens (including phenoxy) is 1. The van der Waals surface area contributed by atoms with E-state index in [0.717, 1.165) is 40.4 Å². The van der Waals surface area contributed by atoms with Gasteiger partial charge in [0, 0.05) is 8.07 Å². The van der Waals surface area contributed by atoms with Crippen molar-refractivity contribution in [2.24, 2.45) is 17.8 Å². The van der Waals surface area contributed by atoms with Crippen LogP contribution in [-0.4, -0.2) is 34.2 Å². The first-order chi connectivity index (χ1) is 14.4. The maximum absolute atomic E-state index is 12.1. The molecule has 0 aromatic heterocycles. The quantitative estimate of drug-likeness (QED) is 0.353. The van der Waals surface area contributed by atoms with Crippen molar-refractivity contribution in [3.05, 3.63) is 22.2 Å². The average molecular weight is 544 g/mol. The monoisotopic (exact) mass is 542 g/mol. The first kappa shape index (κ1) is 27.9. The second-order valence-corrected chi connectivity index (χ2v) is 24.2. The molecule has 1 saturated carbocycles. The molecule has 6 heteroatoms. The lowest BCUT2D eigenvalue weighted by Crippen LogP contribution is -2.51. The molecule has 0 saturated heterocycles. The second kappa shape index (κ2) is 9.75. The fraction of sp³-hybridized carbons (Fsp3) is 0.769. The summed E-state index contributed by atoms with van der Waals surface area (Å²) < 4.78 is 13.4. The fourth-order valence-corrected chi connectivity index (χ4v) is 9.11. The molecule has 2 rings (SSSR count). The third-order valence-electron chi connectivity index (χ3n) is 7.64. The van der Waals surface area contributed by atoms with E-state index < -0.39 is 22.0 Å². The molecule has 184 valence electrons. The molecule has 0 amide bonds. The van der Waals surface area contributed by atoms with E-state index in [1.807, 2.05) is 0 Å². The van der Waals surface area contributed by atoms with Crippen molar-refractivity contribution in [3.8, 4) is 11.5 Å². The topological polar surface area (TPSA) is 38.7 Å². The molecule has 1 fully saturated rings. The van der Waals surface area contributed by atoms with Crippen molar-refractivity contribution in [3.63, 3.8) is 0 Å². The molecule has 1 aromatic carbocycles. The van der Waals surface area contributed by atoms with Crippen LogP contribution in [0.3, 0.4) is 0 Å². The minimum atomic E-state index is -2.01. The van der Waals surface area contributed by atoms with Crippen LogP contribution in [0.4, 0.5) is 0 Å². The highest BCUT2D eigenvalue weighted by atomic mass is 79.9. The highest BCUT2D eigenvalue weighted by Gasteiger charge is 2.47. The molecule has 0 heterocycles. The number of aliphatic hydroxyl groups is 1. The summed E-state index contributed by atoms with van der Waals surface area (Å²) in [5.41, 5.74) is 0.547. The molecule has 32 heavy (non-hydrogen) atoms. The van der Waals surface area contributed by atoms with Crippen molar-refractivity contribution in [2.45, 2.75) is 103 Å². The summed E-state index contributed by atoms with van der Waals surface area (Å²) in [5.74, 6) is 3.03. The minimum absolute atomic E-state index is 0.114. The van der Waals surface area contributed by atoms with Gasteiger partial charge in [-0.2, -0.15) is 0 Å². The van der Waals surface area contributed by atoms with Gasteiger partial charge in [0.2, 0.25) is 8.32 Å². The Bertz CT molecular complexity index is 797. The SMILES string of the molecule is COc1cc(C[C@H]2[C@H](C)C[C@@H](C)CC2(O)C[Si](C)(C)C)c(O[Si](C)(C)C(C)(C)C)cc1Br. The molecular weight excluding hydrogens is 496 g/mol. The first-order valence-corrected chi connectivity index (χ1v) is 19.6. The van der Waals surface area contributed by atoms with E-state index in [-0.39, 0.29) is 11.0 Å². The summed E-state index contributed by atoms with van der Waals surface area (Å²) in [6.45, 7) is 23.2. The number of halogens is 1. The molecule has 1 aliphatic rings. The summed E-state index contributed by atoms with van der Waals surface area (Å²) in [7, 11) is -1.74. The average Bonchev–Trinajstić information content (AvgIpc) is 2.56. The predicted molar refractivity (Wildman–Crippen MR) is 146 cm³/mol. The summed E-state index contributed by atoms with van der Waals surface area (Å²) in [6, 6.07) is 5.17. The third kappa shape index (κ3) is 6.64. The second-order valence-electron chi connectivity index (χ2n) is 13.1. The Morgan fingerprint density at radius 1 is 1.09 bits per heavy atom. The van der Waals surface area contributed by atoms with Crippen molar-refractivity contribution in [2.75, 3.05) is 7.11 Å². The summed E-state index contributed by atoms with van der Waals surface area (Å²) in [4.78, 5) is 0. The summed E-state index contributed by atoms with van der Waals surface area (Å²) in [6.07, 6.45) is 2.89. The van der Waals surface area contributed by atoms with Crippen molar-refractivity contribution in [1.82, 2.24) is 0 Å². The predicted octanol–water partition coefficient (Wildman–Crippen LogP) is 8.14. The van der Waals surface area contributed by atoms with Crippen LogP contribution in [0.25, 0.3) is 0 Å². The van der Waals surface area contributed by atoms with Crippen LogP contribution in [-0.2, 0) is 6.42 Å². The van der Waals surface area contributed by atoms with Crippen LogP contribution >= 0.6 is 15.9 Å². The fourth-order valence-electron chi connectivity index (χ4n) is 5.33. The molecule has 3 nitrogen and oxygen atoms in total. The van der Waals surface area contributed by atoms with E-state index in [0.29, 0.717) is 11.8 Å². The van der Waals surface area contributed by atoms with Crippen molar-refractivity contribution >= 4 is 32.3 Å². The lowest BCUT2D eigenvalue weighted by Gasteiger charge is -2.49. The van der Waals surface area contributed by atoms with E-state index in [1.165, 1.54) is 6.42 Å². The smallest absolute Gasteiger partial charge is 0.250 e. The van der Waals surface area contributed by atoms with E-state index in [1.54, 1.807) is 7.11 Å². The van der Waals surface area contributed by atoms with Crippen molar-refractivity contribution < 1.29 is 14.3 Å². The number of benzene rings is 1. The Kier molecular flexibility index (Phi) is 8.51. The van der Waals surface area contributed by atoms with Crippen LogP contribution < -0.4 is 9.16 Å². The molecule has 1 aliphatic carbocycles. The van der Waals surface area contributed by atoms with Gasteiger partial charge in [-0.25, -0.2) is 0 Å². The largest absolute Gasteiger partial charge is 0.543 e. The summed E-state index contributed by atoms with van der Waals surface area (Å²) >= 11 is 3.67. The first-order valence-electron chi connectivity index (χ1n) is 12.2. The van der Waals surface area contributed by atoms with Gasteiger partial charge in [0.25, 0.3) is 0 Å². The van der Waals surface area contributed by atoms with Crippen LogP contribution in [0.2, 0.25) is 43.8 Å². The number of hydrogen-bond donors (Lipinski definition) is 1. The van der Waals surface area contributed by atoms with Gasteiger partial charge in [0.15, 0.2) is 0 Å². The Balaban J connectivity index is 2.52. The zero-order chi connectivity index (χ0) is 24.7. The van der Waals surface area contributed by atoms with E-state index in [9.17, 15) is 5.11 Å². The number of rotatable bonds is 7. The molecular formula is C26H47BrO3Si2. The lowest BCUT2D eigenvalue weighted by atomic mass is 9.64.